The van der Waals surface area contributed by atoms with E-state index in [1.54, 1.807) is 0 Å². The number of carboxylic acids is 1. The van der Waals surface area contributed by atoms with Crippen molar-refractivity contribution < 1.29 is 27.8 Å². The Kier molecular flexibility index (Phi) is 10.9. The molecule has 5 heteroatoms. The fourth-order valence-electron chi connectivity index (χ4n) is 1.41. The molecule has 3 nitrogen and oxygen atoms in total. The Morgan fingerprint density at radius 1 is 1.24 bits per heavy atom. The maximum absolute atomic E-state index is 9.13. The first-order chi connectivity index (χ1) is 7.82. The number of carboxylic acid groups (broad SMARTS) is 1. The van der Waals surface area contributed by atoms with Crippen molar-refractivity contribution in [2.75, 3.05) is 6.54 Å². The van der Waals surface area contributed by atoms with E-state index in [2.05, 4.69) is 49.9 Å². The van der Waals surface area contributed by atoms with Crippen molar-refractivity contribution in [1.82, 2.24) is 0 Å². The number of hydrogen-bond acceptors (Lipinski definition) is 3. The summed E-state index contributed by atoms with van der Waals surface area (Å²) in [7, 11) is 4.64. The molecule has 0 heterocycles. The molecule has 0 aliphatic carbocycles. The van der Waals surface area contributed by atoms with Gasteiger partial charge in [0.25, 0.3) is 0 Å². The van der Waals surface area contributed by atoms with Gasteiger partial charge in [-0.15, -0.1) is 0 Å². The molecule has 0 saturated carbocycles. The summed E-state index contributed by atoms with van der Waals surface area (Å²) in [4.78, 5) is 9.13. The van der Waals surface area contributed by atoms with Crippen LogP contribution in [0.5, 0.6) is 0 Å². The molecule has 0 bridgehead atoms. The Bertz CT molecular complexity index is 282. The van der Waals surface area contributed by atoms with Crippen LogP contribution in [0.15, 0.2) is 0 Å². The summed E-state index contributed by atoms with van der Waals surface area (Å²) in [5.74, 6) is -1.22. The standard InChI is InChI=1S/C10H15.C2H5NO2.ClH.Ir/c1-6-7(2)9(4)10(5)8(6)3;3-1-2(4)5;;/h1-5H3;1,3H2,(H,4,5);1H;/q-1;;;+3/p-2. The third-order valence-electron chi connectivity index (χ3n) is 2.98. The first-order valence-corrected chi connectivity index (χ1v) is 8.01. The maximum atomic E-state index is 9.13. The third-order valence-corrected chi connectivity index (χ3v) is 2.98. The molecular weight excluding hydrogens is 418 g/mol. The van der Waals surface area contributed by atoms with Crippen LogP contribution in [0.3, 0.4) is 0 Å². The van der Waals surface area contributed by atoms with E-state index >= 15 is 0 Å². The molecular formula is C12H19ClIrNO2. The average Bonchev–Trinajstić information content (AvgIpc) is 2.51. The zero-order valence-electron chi connectivity index (χ0n) is 10.8. The molecule has 0 aliphatic heterocycles. The molecule has 17 heavy (non-hydrogen) atoms. The summed E-state index contributed by atoms with van der Waals surface area (Å²) in [6.07, 6.45) is 0. The molecule has 0 aliphatic rings. The molecule has 0 spiro atoms. The van der Waals surface area contributed by atoms with Gasteiger partial charge < -0.3 is 15.6 Å². The summed E-state index contributed by atoms with van der Waals surface area (Å²) in [6.45, 7) is 10.6. The quantitative estimate of drug-likeness (QED) is 0.675. The van der Waals surface area contributed by atoms with Crippen LogP contribution in [-0.2, 0) is 22.7 Å². The van der Waals surface area contributed by atoms with Crippen LogP contribution in [0, 0.1) is 34.6 Å². The van der Waals surface area contributed by atoms with Gasteiger partial charge in [0.15, 0.2) is 0 Å². The minimum absolute atomic E-state index is 0.389. The molecule has 100 valence electrons. The van der Waals surface area contributed by atoms with Crippen LogP contribution in [0.2, 0.25) is 0 Å². The Hall–Kier alpha value is -0.281. The Morgan fingerprint density at radius 2 is 1.47 bits per heavy atom. The molecule has 0 radical (unpaired) electrons. The topological polar surface area (TPSA) is 66.2 Å². The van der Waals surface area contributed by atoms with Crippen molar-refractivity contribution in [2.45, 2.75) is 34.6 Å². The fourth-order valence-corrected chi connectivity index (χ4v) is 1.41. The van der Waals surface area contributed by atoms with Gasteiger partial charge in [0.2, 0.25) is 0 Å². The molecule has 0 amide bonds. The number of hydrogen-bond donors (Lipinski definition) is 1. The van der Waals surface area contributed by atoms with E-state index < -0.39 is 5.97 Å². The van der Waals surface area contributed by atoms with Crippen molar-refractivity contribution in [3.8, 4) is 0 Å². The van der Waals surface area contributed by atoms with Gasteiger partial charge in [-0.05, 0) is 0 Å². The number of rotatable bonds is 1. The minimum atomic E-state index is -1.22. The van der Waals surface area contributed by atoms with E-state index in [1.807, 2.05) is 0 Å². The van der Waals surface area contributed by atoms with Gasteiger partial charge in [0, 0.05) is 6.54 Å². The number of nitrogens with two attached hydrogens (primary N) is 1. The summed E-state index contributed by atoms with van der Waals surface area (Å²) in [5, 5.41) is 9.13. The molecule has 0 atom stereocenters. The summed E-state index contributed by atoms with van der Waals surface area (Å²) < 4.78 is 0. The zero-order valence-corrected chi connectivity index (χ0v) is 14.0. The summed E-state index contributed by atoms with van der Waals surface area (Å²) >= 11 is 1.47. The van der Waals surface area contributed by atoms with Crippen LogP contribution in [0.25, 0.3) is 0 Å². The third kappa shape index (κ3) is 6.27. The van der Waals surface area contributed by atoms with Crippen molar-refractivity contribution in [3.05, 3.63) is 27.8 Å². The number of carbonyl (C=O) groups excluding carboxylic acids is 1. The van der Waals surface area contributed by atoms with Gasteiger partial charge in [-0.2, -0.15) is 27.8 Å². The summed E-state index contributed by atoms with van der Waals surface area (Å²) in [6, 6.07) is 0. The van der Waals surface area contributed by atoms with Gasteiger partial charge in [-0.3, -0.25) is 0 Å². The van der Waals surface area contributed by atoms with E-state index in [0.29, 0.717) is 0 Å². The van der Waals surface area contributed by atoms with Crippen molar-refractivity contribution >= 4 is 15.6 Å². The number of halogens is 1. The van der Waals surface area contributed by atoms with E-state index in [-0.39, 0.29) is 6.54 Å². The SMILES string of the molecule is Cc1c(C)c(C)[c-](C)c1C.NCC(=O)[O-].[Cl][Ir+2]. The normalized spacial score (nSPS) is 8.71. The second-order valence-electron chi connectivity index (χ2n) is 3.70. The Balaban J connectivity index is 0. The monoisotopic (exact) mass is 437 g/mol. The molecule has 2 N–H and O–H groups in total. The number of carbonyl (C=O) groups is 1. The molecule has 1 rings (SSSR count). The van der Waals surface area contributed by atoms with Crippen LogP contribution in [0.1, 0.15) is 27.8 Å². The van der Waals surface area contributed by atoms with Gasteiger partial charge in [-0.25, -0.2) is 0 Å². The predicted molar refractivity (Wildman–Crippen MR) is 65.6 cm³/mol. The molecule has 1 aromatic carbocycles. The van der Waals surface area contributed by atoms with Gasteiger partial charge >= 0.3 is 27.5 Å². The van der Waals surface area contributed by atoms with Gasteiger partial charge in [0.1, 0.15) is 0 Å². The van der Waals surface area contributed by atoms with Crippen LogP contribution < -0.4 is 10.8 Å². The zero-order chi connectivity index (χ0) is 14.2. The van der Waals surface area contributed by atoms with Gasteiger partial charge in [-0.1, -0.05) is 34.6 Å². The van der Waals surface area contributed by atoms with Crippen LogP contribution >= 0.6 is 9.58 Å². The van der Waals surface area contributed by atoms with E-state index in [0.717, 1.165) is 0 Å². The predicted octanol–water partition coefficient (Wildman–Crippen LogP) is 1.33. The van der Waals surface area contributed by atoms with E-state index in [1.165, 1.54) is 45.7 Å². The first-order valence-electron chi connectivity index (χ1n) is 5.05. The van der Waals surface area contributed by atoms with Gasteiger partial charge in [0.05, 0.1) is 5.97 Å². The first kappa shape index (κ1) is 19.1. The number of aliphatic carboxylic acids is 1. The fraction of sp³-hybridized carbons (Fsp3) is 0.500. The van der Waals surface area contributed by atoms with Crippen molar-refractivity contribution in [1.29, 1.82) is 0 Å². The van der Waals surface area contributed by atoms with Crippen molar-refractivity contribution in [3.63, 3.8) is 0 Å². The molecule has 1 aromatic rings. The molecule has 0 fully saturated rings. The second-order valence-corrected chi connectivity index (χ2v) is 3.70. The van der Waals surface area contributed by atoms with Crippen LogP contribution in [-0.4, -0.2) is 12.5 Å². The van der Waals surface area contributed by atoms with Crippen LogP contribution in [0.4, 0.5) is 0 Å². The van der Waals surface area contributed by atoms with Crippen molar-refractivity contribution in [2.24, 2.45) is 5.73 Å². The van der Waals surface area contributed by atoms with E-state index in [4.69, 9.17) is 9.90 Å². The molecule has 0 unspecified atom stereocenters. The molecule has 0 aromatic heterocycles. The Labute approximate surface area is 118 Å². The second kappa shape index (κ2) is 9.72. The Morgan fingerprint density at radius 3 is 1.53 bits per heavy atom. The molecule has 0 saturated heterocycles. The average molecular weight is 437 g/mol. The summed E-state index contributed by atoms with van der Waals surface area (Å²) in [5.41, 5.74) is 11.8. The van der Waals surface area contributed by atoms with E-state index in [9.17, 15) is 0 Å².